The van der Waals surface area contributed by atoms with Crippen LogP contribution in [0.3, 0.4) is 0 Å². The highest BCUT2D eigenvalue weighted by Gasteiger charge is 2.22. The minimum Gasteiger partial charge on any atom is -0.389 e. The fraction of sp³-hybridized carbons (Fsp3) is 0.571. The van der Waals surface area contributed by atoms with Crippen LogP contribution in [0, 0.1) is 0 Å². The molecule has 0 heterocycles. The van der Waals surface area contributed by atoms with Crippen LogP contribution in [0.15, 0.2) is 29.2 Å². The number of aliphatic hydroxyl groups is 2. The lowest BCUT2D eigenvalue weighted by Gasteiger charge is -2.24. The van der Waals surface area contributed by atoms with Crippen molar-refractivity contribution in [3.05, 3.63) is 29.8 Å². The van der Waals surface area contributed by atoms with Crippen molar-refractivity contribution in [2.24, 2.45) is 0 Å². The first-order chi connectivity index (χ1) is 8.00. The van der Waals surface area contributed by atoms with Crippen molar-refractivity contribution in [3.8, 4) is 0 Å². The van der Waals surface area contributed by atoms with Crippen molar-refractivity contribution in [3.63, 3.8) is 0 Å². The van der Waals surface area contributed by atoms with Crippen molar-refractivity contribution in [1.82, 2.24) is 0 Å². The number of rotatable bonds is 6. The molecule has 17 heavy (non-hydrogen) atoms. The molecule has 0 radical (unpaired) electrons. The smallest absolute Gasteiger partial charge is 0.0762 e. The molecule has 1 rings (SSSR count). The fourth-order valence-corrected chi connectivity index (χ4v) is 2.77. The average Bonchev–Trinajstić information content (AvgIpc) is 2.36. The van der Waals surface area contributed by atoms with Crippen molar-refractivity contribution in [2.45, 2.75) is 50.2 Å². The summed E-state index contributed by atoms with van der Waals surface area (Å²) in [6.45, 7) is 5.78. The van der Waals surface area contributed by atoms with Gasteiger partial charge in [-0.2, -0.15) is 0 Å². The van der Waals surface area contributed by atoms with Crippen LogP contribution in [0.5, 0.6) is 0 Å². The molecule has 0 aliphatic carbocycles. The second-order valence-corrected chi connectivity index (χ2v) is 5.52. The molecule has 0 aliphatic rings. The van der Waals surface area contributed by atoms with E-state index in [2.05, 4.69) is 0 Å². The zero-order valence-electron chi connectivity index (χ0n) is 10.8. The van der Waals surface area contributed by atoms with Crippen molar-refractivity contribution >= 4 is 11.8 Å². The maximum absolute atomic E-state index is 10.2. The highest BCUT2D eigenvalue weighted by atomic mass is 32.2. The molecule has 1 atom stereocenters. The van der Waals surface area contributed by atoms with Crippen LogP contribution in [-0.4, -0.2) is 21.6 Å². The van der Waals surface area contributed by atoms with E-state index < -0.39 is 11.7 Å². The third-order valence-corrected chi connectivity index (χ3v) is 4.43. The Morgan fingerprint density at radius 3 is 2.47 bits per heavy atom. The first kappa shape index (κ1) is 14.6. The molecule has 1 unspecified atom stereocenters. The van der Waals surface area contributed by atoms with E-state index in [4.69, 9.17) is 0 Å². The second kappa shape index (κ2) is 6.43. The van der Waals surface area contributed by atoms with Gasteiger partial charge in [0.2, 0.25) is 0 Å². The largest absolute Gasteiger partial charge is 0.389 e. The molecule has 0 saturated carbocycles. The number of thioether (sulfide) groups is 1. The van der Waals surface area contributed by atoms with Crippen molar-refractivity contribution in [2.75, 3.05) is 5.75 Å². The molecular weight excluding hydrogens is 232 g/mol. The van der Waals surface area contributed by atoms with Crippen LogP contribution in [0.2, 0.25) is 0 Å². The van der Waals surface area contributed by atoms with E-state index in [0.717, 1.165) is 23.3 Å². The Labute approximate surface area is 108 Å². The van der Waals surface area contributed by atoms with Gasteiger partial charge >= 0.3 is 0 Å². The number of benzene rings is 1. The minimum absolute atomic E-state index is 0.438. The molecule has 0 aliphatic heterocycles. The molecule has 1 aromatic carbocycles. The first-order valence-electron chi connectivity index (χ1n) is 6.14. The molecular formula is C14H22O2S. The summed E-state index contributed by atoms with van der Waals surface area (Å²) in [6.07, 6.45) is 1.10. The zero-order chi connectivity index (χ0) is 12.9. The summed E-state index contributed by atoms with van der Waals surface area (Å²) in [6, 6.07) is 7.87. The van der Waals surface area contributed by atoms with E-state index in [0.29, 0.717) is 5.75 Å². The lowest BCUT2D eigenvalue weighted by atomic mass is 10.0. The molecule has 0 bridgehead atoms. The Bertz CT molecular complexity index is 346. The monoisotopic (exact) mass is 254 g/mol. The molecule has 0 spiro atoms. The maximum atomic E-state index is 10.2. The summed E-state index contributed by atoms with van der Waals surface area (Å²) in [5.74, 6) is 0.698. The van der Waals surface area contributed by atoms with Crippen LogP contribution in [0.4, 0.5) is 0 Å². The Morgan fingerprint density at radius 1 is 1.29 bits per heavy atom. The van der Waals surface area contributed by atoms with Gasteiger partial charge in [-0.15, -0.1) is 11.8 Å². The van der Waals surface area contributed by atoms with Gasteiger partial charge in [-0.3, -0.25) is 0 Å². The van der Waals surface area contributed by atoms with Crippen molar-refractivity contribution < 1.29 is 10.2 Å². The normalized spacial score (nSPS) is 13.7. The van der Waals surface area contributed by atoms with Gasteiger partial charge < -0.3 is 10.2 Å². The third-order valence-electron chi connectivity index (χ3n) is 3.16. The van der Waals surface area contributed by atoms with Gasteiger partial charge in [-0.25, -0.2) is 0 Å². The average molecular weight is 254 g/mol. The van der Waals surface area contributed by atoms with E-state index in [1.165, 1.54) is 0 Å². The maximum Gasteiger partial charge on any atom is 0.0762 e. The Kier molecular flexibility index (Phi) is 5.50. The van der Waals surface area contributed by atoms with Crippen LogP contribution in [0.1, 0.15) is 45.3 Å². The molecule has 0 fully saturated rings. The highest BCUT2D eigenvalue weighted by molar-refractivity contribution is 7.99. The molecule has 2 nitrogen and oxygen atoms in total. The van der Waals surface area contributed by atoms with Gasteiger partial charge in [-0.1, -0.05) is 26.0 Å². The standard InChI is InChI=1S/C14H22O2S/c1-4-14(16,5-2)10-17-13-8-6-7-12(9-13)11(3)15/h6-9,11,15-16H,4-5,10H2,1-3H3. The molecule has 0 amide bonds. The molecule has 3 heteroatoms. The number of aliphatic hydroxyl groups excluding tert-OH is 1. The summed E-state index contributed by atoms with van der Waals surface area (Å²) < 4.78 is 0. The van der Waals surface area contributed by atoms with Gasteiger partial charge in [0.15, 0.2) is 0 Å². The van der Waals surface area contributed by atoms with E-state index in [1.54, 1.807) is 18.7 Å². The zero-order valence-corrected chi connectivity index (χ0v) is 11.6. The molecule has 0 saturated heterocycles. The van der Waals surface area contributed by atoms with E-state index in [-0.39, 0.29) is 0 Å². The van der Waals surface area contributed by atoms with Crippen LogP contribution in [-0.2, 0) is 0 Å². The summed E-state index contributed by atoms with van der Waals surface area (Å²) in [5, 5.41) is 19.7. The quantitative estimate of drug-likeness (QED) is 0.765. The van der Waals surface area contributed by atoms with E-state index in [1.807, 2.05) is 38.1 Å². The van der Waals surface area contributed by atoms with Gasteiger partial charge in [0.25, 0.3) is 0 Å². The summed E-state index contributed by atoms with van der Waals surface area (Å²) in [4.78, 5) is 1.10. The van der Waals surface area contributed by atoms with Crippen LogP contribution in [0.25, 0.3) is 0 Å². The predicted octanol–water partition coefficient (Wildman–Crippen LogP) is 3.38. The van der Waals surface area contributed by atoms with Crippen LogP contribution >= 0.6 is 11.8 Å². The van der Waals surface area contributed by atoms with E-state index in [9.17, 15) is 10.2 Å². The minimum atomic E-state index is -0.578. The SMILES string of the molecule is CCC(O)(CC)CSc1cccc(C(C)O)c1. The lowest BCUT2D eigenvalue weighted by molar-refractivity contribution is 0.0572. The number of hydrogen-bond donors (Lipinski definition) is 2. The summed E-state index contributed by atoms with van der Waals surface area (Å²) in [7, 11) is 0. The lowest BCUT2D eigenvalue weighted by Crippen LogP contribution is -2.29. The third kappa shape index (κ3) is 4.34. The fourth-order valence-electron chi connectivity index (χ4n) is 1.54. The molecule has 96 valence electrons. The van der Waals surface area contributed by atoms with E-state index >= 15 is 0 Å². The topological polar surface area (TPSA) is 40.5 Å². The van der Waals surface area contributed by atoms with Gasteiger partial charge in [-0.05, 0) is 37.5 Å². The molecule has 2 N–H and O–H groups in total. The van der Waals surface area contributed by atoms with Crippen LogP contribution < -0.4 is 0 Å². The summed E-state index contributed by atoms with van der Waals surface area (Å²) in [5.41, 5.74) is 0.345. The highest BCUT2D eigenvalue weighted by Crippen LogP contribution is 2.28. The number of hydrogen-bond acceptors (Lipinski definition) is 3. The Hall–Kier alpha value is -0.510. The molecule has 1 aromatic rings. The first-order valence-corrected chi connectivity index (χ1v) is 7.12. The Balaban J connectivity index is 2.66. The van der Waals surface area contributed by atoms with Crippen molar-refractivity contribution in [1.29, 1.82) is 0 Å². The predicted molar refractivity (Wildman–Crippen MR) is 73.3 cm³/mol. The van der Waals surface area contributed by atoms with Gasteiger partial charge in [0.05, 0.1) is 11.7 Å². The summed E-state index contributed by atoms with van der Waals surface area (Å²) >= 11 is 1.65. The second-order valence-electron chi connectivity index (χ2n) is 4.47. The molecule has 0 aromatic heterocycles. The Morgan fingerprint density at radius 2 is 1.94 bits per heavy atom. The van der Waals surface area contributed by atoms with Gasteiger partial charge in [0, 0.05) is 10.6 Å². The van der Waals surface area contributed by atoms with Gasteiger partial charge in [0.1, 0.15) is 0 Å².